The van der Waals surface area contributed by atoms with Crippen LogP contribution < -0.4 is 5.48 Å². The molecule has 0 aromatic carbocycles. The monoisotopic (exact) mass is 160 g/mol. The second-order valence-electron chi connectivity index (χ2n) is 2.42. The van der Waals surface area contributed by atoms with E-state index >= 15 is 0 Å². The predicted molar refractivity (Wildman–Crippen MR) is 40.4 cm³/mol. The van der Waals surface area contributed by atoms with E-state index in [0.717, 1.165) is 0 Å². The van der Waals surface area contributed by atoms with Gasteiger partial charge in [0.15, 0.2) is 5.60 Å². The molecule has 5 nitrogen and oxygen atoms in total. The zero-order valence-electron chi connectivity index (χ0n) is 6.79. The predicted octanol–water partition coefficient (Wildman–Crippen LogP) is 0.0289. The largest absolute Gasteiger partial charge is 0.479 e. The molecule has 0 radical (unpaired) electrons. The van der Waals surface area contributed by atoms with Crippen molar-refractivity contribution >= 4 is 12.3 Å². The Morgan fingerprint density at radius 1 is 1.73 bits per heavy atom. The van der Waals surface area contributed by atoms with Gasteiger partial charge in [-0.2, -0.15) is 0 Å². The van der Waals surface area contributed by atoms with Crippen LogP contribution in [0.2, 0.25) is 0 Å². The Kier molecular flexibility index (Phi) is 3.53. The van der Waals surface area contributed by atoms with E-state index in [9.17, 15) is 4.79 Å². The van der Waals surface area contributed by atoms with Gasteiger partial charge in [0.25, 0.3) is 0 Å². The van der Waals surface area contributed by atoms with Crippen molar-refractivity contribution in [3.8, 4) is 0 Å². The Hall–Kier alpha value is -1.10. The van der Waals surface area contributed by atoms with Crippen molar-refractivity contribution in [3.63, 3.8) is 0 Å². The van der Waals surface area contributed by atoms with Crippen LogP contribution in [0.25, 0.3) is 0 Å². The summed E-state index contributed by atoms with van der Waals surface area (Å²) in [4.78, 5) is 18.7. The lowest BCUT2D eigenvalue weighted by atomic mass is 10.1. The van der Waals surface area contributed by atoms with Crippen molar-refractivity contribution in [3.05, 3.63) is 0 Å². The van der Waals surface area contributed by atoms with Crippen molar-refractivity contribution in [1.29, 1.82) is 0 Å². The highest BCUT2D eigenvalue weighted by Gasteiger charge is 2.28. The molecule has 0 fully saturated rings. The Bertz CT molecular complexity index is 165. The minimum atomic E-state index is -1.23. The molecule has 0 aliphatic rings. The second-order valence-corrected chi connectivity index (χ2v) is 2.42. The molecule has 0 bridgehead atoms. The second kappa shape index (κ2) is 3.92. The van der Waals surface area contributed by atoms with Crippen LogP contribution in [0.15, 0.2) is 4.99 Å². The summed E-state index contributed by atoms with van der Waals surface area (Å²) < 4.78 is 0. The van der Waals surface area contributed by atoms with Crippen LogP contribution >= 0.6 is 0 Å². The number of hydroxylamine groups is 1. The normalized spacial score (nSPS) is 11.9. The van der Waals surface area contributed by atoms with Gasteiger partial charge in [-0.25, -0.2) is 4.79 Å². The molecule has 2 N–H and O–H groups in total. The summed E-state index contributed by atoms with van der Waals surface area (Å²) in [5.41, 5.74) is 1.05. The number of carbonyl (C=O) groups is 1. The highest BCUT2D eigenvalue weighted by Crippen LogP contribution is 2.05. The zero-order valence-corrected chi connectivity index (χ0v) is 6.79. The fraction of sp³-hybridized carbons (Fsp3) is 0.667. The SMILES string of the molecule is CN=CNOC(C)(C)C(=O)O. The summed E-state index contributed by atoms with van der Waals surface area (Å²) in [6.45, 7) is 2.87. The summed E-state index contributed by atoms with van der Waals surface area (Å²) in [7, 11) is 1.55. The topological polar surface area (TPSA) is 70.9 Å². The lowest BCUT2D eigenvalue weighted by Crippen LogP contribution is -2.39. The van der Waals surface area contributed by atoms with Gasteiger partial charge in [-0.1, -0.05) is 0 Å². The number of hydrogen-bond donors (Lipinski definition) is 2. The van der Waals surface area contributed by atoms with Crippen LogP contribution in [0.3, 0.4) is 0 Å². The van der Waals surface area contributed by atoms with Gasteiger partial charge in [0.2, 0.25) is 0 Å². The zero-order chi connectivity index (χ0) is 8.91. The van der Waals surface area contributed by atoms with E-state index in [4.69, 9.17) is 9.94 Å². The molecule has 0 aliphatic carbocycles. The molecule has 0 aromatic heterocycles. The molecule has 0 amide bonds. The average Bonchev–Trinajstić information content (AvgIpc) is 1.88. The van der Waals surface area contributed by atoms with Gasteiger partial charge < -0.3 is 5.11 Å². The minimum absolute atomic E-state index is 1.03. The van der Waals surface area contributed by atoms with Crippen LogP contribution in [0.5, 0.6) is 0 Å². The van der Waals surface area contributed by atoms with Crippen LogP contribution in [0, 0.1) is 0 Å². The molecule has 0 atom stereocenters. The summed E-state index contributed by atoms with van der Waals surface area (Å²) in [5.74, 6) is -1.03. The third kappa shape index (κ3) is 3.57. The Balaban J connectivity index is 3.82. The number of aliphatic imine (C=N–C) groups is 1. The van der Waals surface area contributed by atoms with Crippen molar-refractivity contribution in [2.45, 2.75) is 19.4 Å². The lowest BCUT2D eigenvalue weighted by Gasteiger charge is -2.17. The number of nitrogens with zero attached hydrogens (tertiary/aromatic N) is 1. The maximum absolute atomic E-state index is 10.4. The standard InChI is InChI=1S/C6H12N2O3/c1-6(2,5(9)10)11-8-4-7-3/h4H,1-3H3,(H,7,8)(H,9,10). The first-order valence-electron chi connectivity index (χ1n) is 3.08. The first-order valence-corrected chi connectivity index (χ1v) is 3.08. The van der Waals surface area contributed by atoms with Gasteiger partial charge in [-0.3, -0.25) is 15.3 Å². The molecule has 0 aromatic rings. The Morgan fingerprint density at radius 2 is 2.27 bits per heavy atom. The molecule has 0 aliphatic heterocycles. The smallest absolute Gasteiger partial charge is 0.338 e. The maximum Gasteiger partial charge on any atom is 0.338 e. The summed E-state index contributed by atoms with van der Waals surface area (Å²) in [6, 6.07) is 0. The van der Waals surface area contributed by atoms with E-state index in [1.807, 2.05) is 0 Å². The molecule has 0 heterocycles. The highest BCUT2D eigenvalue weighted by molar-refractivity contribution is 5.76. The average molecular weight is 160 g/mol. The van der Waals surface area contributed by atoms with Crippen molar-refractivity contribution in [1.82, 2.24) is 5.48 Å². The Labute approximate surface area is 65.0 Å². The highest BCUT2D eigenvalue weighted by atomic mass is 16.7. The van der Waals surface area contributed by atoms with E-state index in [-0.39, 0.29) is 0 Å². The van der Waals surface area contributed by atoms with Gasteiger partial charge in [0.05, 0.1) is 0 Å². The molecular weight excluding hydrogens is 148 g/mol. The number of carboxylic acid groups (broad SMARTS) is 1. The van der Waals surface area contributed by atoms with Gasteiger partial charge in [-0.15, -0.1) is 0 Å². The molecule has 11 heavy (non-hydrogen) atoms. The quantitative estimate of drug-likeness (QED) is 0.346. The minimum Gasteiger partial charge on any atom is -0.479 e. The van der Waals surface area contributed by atoms with E-state index in [0.29, 0.717) is 0 Å². The van der Waals surface area contributed by atoms with Crippen LogP contribution in [-0.2, 0) is 9.63 Å². The van der Waals surface area contributed by atoms with Gasteiger partial charge in [-0.05, 0) is 13.8 Å². The van der Waals surface area contributed by atoms with E-state index < -0.39 is 11.6 Å². The third-order valence-electron chi connectivity index (χ3n) is 1.01. The number of aliphatic carboxylic acids is 1. The first kappa shape index (κ1) is 9.90. The fourth-order valence-electron chi connectivity index (χ4n) is 0.270. The molecule has 0 saturated heterocycles. The Morgan fingerprint density at radius 3 is 2.64 bits per heavy atom. The summed E-state index contributed by atoms with van der Waals surface area (Å²) >= 11 is 0. The molecule has 0 rings (SSSR count). The molecule has 64 valence electrons. The molecule has 0 unspecified atom stereocenters. The van der Waals surface area contributed by atoms with Gasteiger partial charge >= 0.3 is 5.97 Å². The number of hydrogen-bond acceptors (Lipinski definition) is 3. The summed E-state index contributed by atoms with van der Waals surface area (Å²) in [5, 5.41) is 8.53. The van der Waals surface area contributed by atoms with E-state index in [2.05, 4.69) is 10.5 Å². The van der Waals surface area contributed by atoms with Gasteiger partial charge in [0, 0.05) is 7.05 Å². The maximum atomic E-state index is 10.4. The molecule has 0 saturated carbocycles. The fourth-order valence-corrected chi connectivity index (χ4v) is 0.270. The number of rotatable bonds is 4. The van der Waals surface area contributed by atoms with Gasteiger partial charge in [0.1, 0.15) is 6.34 Å². The number of nitrogens with one attached hydrogen (secondary N) is 1. The van der Waals surface area contributed by atoms with Crippen molar-refractivity contribution in [2.75, 3.05) is 7.05 Å². The van der Waals surface area contributed by atoms with Crippen molar-refractivity contribution in [2.24, 2.45) is 4.99 Å². The molecule has 0 spiro atoms. The number of carboxylic acids is 1. The first-order chi connectivity index (χ1) is 5.00. The van der Waals surface area contributed by atoms with E-state index in [1.165, 1.54) is 20.2 Å². The van der Waals surface area contributed by atoms with Crippen LogP contribution in [0.4, 0.5) is 0 Å². The lowest BCUT2D eigenvalue weighted by molar-refractivity contribution is -0.166. The molecule has 5 heteroatoms. The third-order valence-corrected chi connectivity index (χ3v) is 1.01. The van der Waals surface area contributed by atoms with Crippen molar-refractivity contribution < 1.29 is 14.7 Å². The van der Waals surface area contributed by atoms with Crippen LogP contribution in [-0.4, -0.2) is 30.1 Å². The van der Waals surface area contributed by atoms with E-state index in [1.54, 1.807) is 7.05 Å². The summed E-state index contributed by atoms with van der Waals surface area (Å²) in [6.07, 6.45) is 1.27. The molecular formula is C6H12N2O3. The van der Waals surface area contributed by atoms with Crippen LogP contribution in [0.1, 0.15) is 13.8 Å².